The normalized spacial score (nSPS) is 40.1. The number of allylic oxidation sites excluding steroid dienone is 1. The first kappa shape index (κ1) is 29.3. The molecule has 0 aliphatic heterocycles. The summed E-state index contributed by atoms with van der Waals surface area (Å²) in [6.07, 6.45) is 5.36. The van der Waals surface area contributed by atoms with E-state index < -0.39 is 35.5 Å². The van der Waals surface area contributed by atoms with E-state index in [9.17, 15) is 31.9 Å². The molecule has 0 amide bonds. The lowest BCUT2D eigenvalue weighted by Crippen LogP contribution is -2.66. The van der Waals surface area contributed by atoms with Gasteiger partial charge in [-0.2, -0.15) is 22.0 Å². The van der Waals surface area contributed by atoms with Crippen molar-refractivity contribution in [2.24, 2.45) is 34.5 Å². The van der Waals surface area contributed by atoms with Gasteiger partial charge in [0.15, 0.2) is 5.78 Å². The highest BCUT2D eigenvalue weighted by Gasteiger charge is 2.79. The zero-order valence-electron chi connectivity index (χ0n) is 22.1. The van der Waals surface area contributed by atoms with Gasteiger partial charge in [0.1, 0.15) is 5.60 Å². The minimum Gasteiger partial charge on any atom is -0.383 e. The number of halogens is 6. The molecule has 0 heterocycles. The second-order valence-electron chi connectivity index (χ2n) is 12.8. The highest BCUT2D eigenvalue weighted by atomic mass is 35.5. The van der Waals surface area contributed by atoms with E-state index in [4.69, 9.17) is 11.6 Å². The van der Waals surface area contributed by atoms with Crippen LogP contribution in [0.4, 0.5) is 22.0 Å². The monoisotopic (exact) mass is 552 g/mol. The van der Waals surface area contributed by atoms with Crippen molar-refractivity contribution in [3.63, 3.8) is 0 Å². The Morgan fingerprint density at radius 2 is 1.57 bits per heavy atom. The number of hydrogen-bond donors (Lipinski definition) is 1. The van der Waals surface area contributed by atoms with Gasteiger partial charge in [0.25, 0.3) is 0 Å². The first-order valence-corrected chi connectivity index (χ1v) is 14.7. The van der Waals surface area contributed by atoms with Crippen molar-refractivity contribution in [3.8, 4) is 0 Å². The second kappa shape index (κ2) is 10.4. The minimum atomic E-state index is -5.79. The lowest BCUT2D eigenvalue weighted by molar-refractivity contribution is -0.364. The van der Waals surface area contributed by atoms with Crippen molar-refractivity contribution in [2.45, 2.75) is 121 Å². The molecule has 7 atom stereocenters. The number of rotatable bonds is 9. The number of carbonyl (C=O) groups is 1. The first-order valence-electron chi connectivity index (χ1n) is 14.2. The van der Waals surface area contributed by atoms with Crippen molar-refractivity contribution in [1.82, 2.24) is 0 Å². The molecule has 3 fully saturated rings. The number of hydrogen-bond acceptors (Lipinski definition) is 2. The van der Waals surface area contributed by atoms with Crippen LogP contribution < -0.4 is 0 Å². The highest BCUT2D eigenvalue weighted by molar-refractivity contribution is 6.17. The Labute approximate surface area is 222 Å². The predicted octanol–water partition coefficient (Wildman–Crippen LogP) is 8.64. The number of unbranched alkanes of at least 4 members (excludes halogenated alkanes) is 5. The third-order valence-electron chi connectivity index (χ3n) is 11.1. The van der Waals surface area contributed by atoms with E-state index in [1.807, 2.05) is 0 Å². The molecule has 0 bridgehead atoms. The van der Waals surface area contributed by atoms with Gasteiger partial charge in [0.2, 0.25) is 0 Å². The number of aliphatic hydroxyl groups is 1. The van der Waals surface area contributed by atoms with Crippen LogP contribution in [0.3, 0.4) is 0 Å². The van der Waals surface area contributed by atoms with Gasteiger partial charge in [-0.05, 0) is 86.5 Å². The van der Waals surface area contributed by atoms with E-state index in [1.54, 1.807) is 6.08 Å². The Morgan fingerprint density at radius 1 is 0.946 bits per heavy atom. The van der Waals surface area contributed by atoms with Gasteiger partial charge in [-0.1, -0.05) is 51.5 Å². The first-order chi connectivity index (χ1) is 17.2. The SMILES string of the molecule is C[C@]12CCC(=O)C=C1CC(CCCCCCCCCl)[C@@H]1[C@@H]2CC[C@@]2(C)[C@H]1CCC2(O)C(F)(F)C(F)(F)F. The van der Waals surface area contributed by atoms with E-state index in [0.29, 0.717) is 31.6 Å². The molecule has 0 aromatic heterocycles. The van der Waals surface area contributed by atoms with Gasteiger partial charge in [0, 0.05) is 17.7 Å². The van der Waals surface area contributed by atoms with Crippen molar-refractivity contribution >= 4 is 17.4 Å². The average Bonchev–Trinajstić information content (AvgIpc) is 3.10. The summed E-state index contributed by atoms with van der Waals surface area (Å²) in [5.41, 5.74) is -3.68. The highest BCUT2D eigenvalue weighted by Crippen LogP contribution is 2.72. The summed E-state index contributed by atoms with van der Waals surface area (Å²) in [5, 5.41) is 11.2. The molecule has 4 aliphatic rings. The van der Waals surface area contributed by atoms with Gasteiger partial charge in [-0.3, -0.25) is 4.79 Å². The molecule has 4 aliphatic carbocycles. The Bertz CT molecular complexity index is 888. The Balaban J connectivity index is 1.62. The van der Waals surface area contributed by atoms with Gasteiger partial charge in [-0.15, -0.1) is 11.6 Å². The van der Waals surface area contributed by atoms with Crippen molar-refractivity contribution in [1.29, 1.82) is 0 Å². The molecule has 0 aromatic carbocycles. The summed E-state index contributed by atoms with van der Waals surface area (Å²) >= 11 is 5.76. The predicted molar refractivity (Wildman–Crippen MR) is 135 cm³/mol. The lowest BCUT2D eigenvalue weighted by Gasteiger charge is -2.62. The lowest BCUT2D eigenvalue weighted by atomic mass is 9.43. The number of ketones is 1. The largest absolute Gasteiger partial charge is 0.456 e. The van der Waals surface area contributed by atoms with Crippen LogP contribution >= 0.6 is 11.6 Å². The summed E-state index contributed by atoms with van der Waals surface area (Å²) in [4.78, 5) is 12.3. The molecular formula is C29H42ClF5O2. The smallest absolute Gasteiger partial charge is 0.383 e. The van der Waals surface area contributed by atoms with Crippen LogP contribution in [0.25, 0.3) is 0 Å². The third-order valence-corrected chi connectivity index (χ3v) is 11.4. The molecule has 2 nitrogen and oxygen atoms in total. The molecule has 4 rings (SSSR count). The van der Waals surface area contributed by atoms with Crippen molar-refractivity contribution in [3.05, 3.63) is 11.6 Å². The molecule has 8 heteroatoms. The zero-order chi connectivity index (χ0) is 27.3. The van der Waals surface area contributed by atoms with E-state index >= 15 is 0 Å². The molecule has 0 radical (unpaired) electrons. The molecule has 1 N–H and O–H groups in total. The van der Waals surface area contributed by atoms with E-state index in [-0.39, 0.29) is 41.8 Å². The van der Waals surface area contributed by atoms with E-state index in [1.165, 1.54) is 6.92 Å². The summed E-state index contributed by atoms with van der Waals surface area (Å²) < 4.78 is 70.4. The molecule has 0 spiro atoms. The van der Waals surface area contributed by atoms with Crippen LogP contribution in [0, 0.1) is 34.5 Å². The average molecular weight is 553 g/mol. The Hall–Kier alpha value is -0.690. The zero-order valence-corrected chi connectivity index (χ0v) is 22.9. The van der Waals surface area contributed by atoms with Gasteiger partial charge >= 0.3 is 12.1 Å². The molecule has 2 unspecified atom stereocenters. The minimum absolute atomic E-state index is 0.0246. The summed E-state index contributed by atoms with van der Waals surface area (Å²) in [7, 11) is 0. The molecular weight excluding hydrogens is 511 g/mol. The van der Waals surface area contributed by atoms with E-state index in [0.717, 1.165) is 50.5 Å². The van der Waals surface area contributed by atoms with E-state index in [2.05, 4.69) is 6.92 Å². The van der Waals surface area contributed by atoms with Gasteiger partial charge in [0.05, 0.1) is 0 Å². The third kappa shape index (κ3) is 4.70. The number of alkyl halides is 6. The fourth-order valence-electron chi connectivity index (χ4n) is 8.97. The molecule has 37 heavy (non-hydrogen) atoms. The molecule has 212 valence electrons. The summed E-state index contributed by atoms with van der Waals surface area (Å²) in [5.74, 6) is -4.52. The summed E-state index contributed by atoms with van der Waals surface area (Å²) in [6, 6.07) is 0. The maximum absolute atomic E-state index is 14.9. The van der Waals surface area contributed by atoms with Crippen molar-refractivity contribution < 1.29 is 31.9 Å². The van der Waals surface area contributed by atoms with Gasteiger partial charge < -0.3 is 5.11 Å². The van der Waals surface area contributed by atoms with Crippen LogP contribution in [-0.4, -0.2) is 34.5 Å². The second-order valence-corrected chi connectivity index (χ2v) is 13.2. The molecule has 0 saturated heterocycles. The van der Waals surface area contributed by atoms with Crippen molar-refractivity contribution in [2.75, 3.05) is 5.88 Å². The Kier molecular flexibility index (Phi) is 8.21. The standard InChI is InChI=1S/C29H42ClF5O2/c1-25-13-10-21(36)18-20(25)17-19(9-7-5-3-4-6-8-16-30)24-22(25)11-14-26(2)23(24)12-15-27(26,37)28(31,32)29(33,34)35/h18-19,22-24,37H,3-17H2,1-2H3/t19?,22-,23-,24+,25-,26-,27?/m0/s1. The number of carbonyl (C=O) groups excluding carboxylic acids is 1. The van der Waals surface area contributed by atoms with Crippen LogP contribution in [0.2, 0.25) is 0 Å². The van der Waals surface area contributed by atoms with Crippen LogP contribution in [-0.2, 0) is 4.79 Å². The van der Waals surface area contributed by atoms with Gasteiger partial charge in [-0.25, -0.2) is 0 Å². The quantitative estimate of drug-likeness (QED) is 0.176. The molecule has 0 aromatic rings. The van der Waals surface area contributed by atoms with Crippen LogP contribution in [0.15, 0.2) is 11.6 Å². The van der Waals surface area contributed by atoms with Crippen LogP contribution in [0.1, 0.15) is 104 Å². The maximum Gasteiger partial charge on any atom is 0.456 e. The van der Waals surface area contributed by atoms with Crippen LogP contribution in [0.5, 0.6) is 0 Å². The topological polar surface area (TPSA) is 37.3 Å². The fourth-order valence-corrected chi connectivity index (χ4v) is 9.16. The fraction of sp³-hybridized carbons (Fsp3) is 0.897. The Morgan fingerprint density at radius 3 is 2.22 bits per heavy atom. The molecule has 3 saturated carbocycles. The summed E-state index contributed by atoms with van der Waals surface area (Å²) in [6.45, 7) is 3.66. The maximum atomic E-state index is 14.9. The number of fused-ring (bicyclic) bond motifs is 5.